The number of nitrogens with one attached hydrogen (secondary N) is 1. The van der Waals surface area contributed by atoms with Crippen molar-refractivity contribution >= 4 is 21.6 Å². The summed E-state index contributed by atoms with van der Waals surface area (Å²) < 4.78 is 24.5. The van der Waals surface area contributed by atoms with Gasteiger partial charge < -0.3 is 0 Å². The minimum Gasteiger partial charge on any atom is -0.211 e. The number of rotatable bonds is 4. The van der Waals surface area contributed by atoms with Gasteiger partial charge in [0.25, 0.3) is 0 Å². The Morgan fingerprint density at radius 2 is 2.20 bits per heavy atom. The van der Waals surface area contributed by atoms with Crippen LogP contribution in [0, 0.1) is 11.3 Å². The molecule has 0 amide bonds. The molecular weight excluding hydrogens is 236 g/mol. The molecule has 0 saturated carbocycles. The van der Waals surface area contributed by atoms with E-state index >= 15 is 0 Å². The second-order valence-corrected chi connectivity index (χ2v) is 5.11. The fourth-order valence-electron chi connectivity index (χ4n) is 0.976. The van der Waals surface area contributed by atoms with Gasteiger partial charge in [-0.05, 0) is 17.7 Å². The second kappa shape index (κ2) is 5.12. The molecule has 0 aliphatic rings. The first-order valence-corrected chi connectivity index (χ1v) is 6.15. The third-order valence-corrected chi connectivity index (χ3v) is 2.97. The number of nitrogens with zero attached hydrogens (tertiary/aromatic N) is 1. The van der Waals surface area contributed by atoms with Crippen LogP contribution in [-0.2, 0) is 16.6 Å². The van der Waals surface area contributed by atoms with E-state index in [-0.39, 0.29) is 6.54 Å². The smallest absolute Gasteiger partial charge is 0.211 e. The highest BCUT2D eigenvalue weighted by Gasteiger charge is 2.08. The molecule has 0 heterocycles. The van der Waals surface area contributed by atoms with E-state index in [9.17, 15) is 8.42 Å². The molecule has 1 aromatic rings. The molecule has 4 nitrogen and oxygen atoms in total. The van der Waals surface area contributed by atoms with Gasteiger partial charge in [-0.1, -0.05) is 23.7 Å². The molecule has 1 N–H and O–H groups in total. The summed E-state index contributed by atoms with van der Waals surface area (Å²) in [7, 11) is -3.50. The Morgan fingerprint density at radius 1 is 1.47 bits per heavy atom. The minimum atomic E-state index is -3.50. The molecule has 80 valence electrons. The summed E-state index contributed by atoms with van der Waals surface area (Å²) in [5, 5.41) is 8.80. The molecule has 6 heteroatoms. The topological polar surface area (TPSA) is 70.0 Å². The number of nitriles is 1. The van der Waals surface area contributed by atoms with Gasteiger partial charge in [-0.3, -0.25) is 0 Å². The van der Waals surface area contributed by atoms with Gasteiger partial charge in [0.15, 0.2) is 5.75 Å². The summed E-state index contributed by atoms with van der Waals surface area (Å²) in [6.45, 7) is 0.143. The van der Waals surface area contributed by atoms with Gasteiger partial charge in [-0.2, -0.15) is 5.26 Å². The van der Waals surface area contributed by atoms with Crippen molar-refractivity contribution in [3.8, 4) is 6.07 Å². The van der Waals surface area contributed by atoms with Crippen molar-refractivity contribution in [1.82, 2.24) is 4.72 Å². The summed E-state index contributed by atoms with van der Waals surface area (Å²) in [4.78, 5) is 0. The SMILES string of the molecule is N#CCS(=O)(=O)NCc1cccc(Cl)c1. The Bertz CT molecular complexity index is 479. The number of sulfonamides is 1. The predicted molar refractivity (Wildman–Crippen MR) is 57.7 cm³/mol. The molecule has 0 aromatic heterocycles. The molecule has 0 bridgehead atoms. The Kier molecular flexibility index (Phi) is 4.09. The van der Waals surface area contributed by atoms with E-state index < -0.39 is 15.8 Å². The summed E-state index contributed by atoms with van der Waals surface area (Å²) in [6, 6.07) is 8.43. The van der Waals surface area contributed by atoms with Gasteiger partial charge in [-0.15, -0.1) is 0 Å². The Morgan fingerprint density at radius 3 is 2.80 bits per heavy atom. The molecule has 1 aromatic carbocycles. The molecule has 0 radical (unpaired) electrons. The van der Waals surface area contributed by atoms with E-state index in [1.54, 1.807) is 30.3 Å². The average molecular weight is 245 g/mol. The molecule has 0 fully saturated rings. The van der Waals surface area contributed by atoms with Crippen molar-refractivity contribution in [2.24, 2.45) is 0 Å². The summed E-state index contributed by atoms with van der Waals surface area (Å²) in [6.07, 6.45) is 0. The Balaban J connectivity index is 2.62. The maximum Gasteiger partial charge on any atom is 0.225 e. The van der Waals surface area contributed by atoms with Crippen LogP contribution in [0.5, 0.6) is 0 Å². The standard InChI is InChI=1S/C9H9ClN2O2S/c10-9-3-1-2-8(6-9)7-12-15(13,14)5-4-11/h1-3,6,12H,5,7H2. The largest absolute Gasteiger partial charge is 0.225 e. The van der Waals surface area contributed by atoms with Gasteiger partial charge in [0.05, 0.1) is 6.07 Å². The van der Waals surface area contributed by atoms with E-state index in [2.05, 4.69) is 4.72 Å². The maximum absolute atomic E-state index is 11.1. The Hall–Kier alpha value is -1.09. The third kappa shape index (κ3) is 4.30. The van der Waals surface area contributed by atoms with E-state index in [0.29, 0.717) is 5.02 Å². The van der Waals surface area contributed by atoms with E-state index in [0.717, 1.165) is 5.56 Å². The van der Waals surface area contributed by atoms with E-state index in [1.807, 2.05) is 0 Å². The predicted octanol–water partition coefficient (Wildman–Crippen LogP) is 1.28. The first-order chi connectivity index (χ1) is 7.03. The third-order valence-electron chi connectivity index (χ3n) is 1.64. The molecule has 0 aliphatic carbocycles. The van der Waals surface area contributed by atoms with Gasteiger partial charge in [0.2, 0.25) is 10.0 Å². The van der Waals surface area contributed by atoms with Crippen LogP contribution in [0.3, 0.4) is 0 Å². The molecule has 0 aliphatic heterocycles. The quantitative estimate of drug-likeness (QED) is 0.868. The average Bonchev–Trinajstić information content (AvgIpc) is 2.15. The lowest BCUT2D eigenvalue weighted by Crippen LogP contribution is -2.25. The van der Waals surface area contributed by atoms with Gasteiger partial charge in [-0.25, -0.2) is 13.1 Å². The van der Waals surface area contributed by atoms with Crippen molar-refractivity contribution < 1.29 is 8.42 Å². The zero-order chi connectivity index (χ0) is 11.3. The zero-order valence-electron chi connectivity index (χ0n) is 7.77. The number of hydrogen-bond acceptors (Lipinski definition) is 3. The van der Waals surface area contributed by atoms with Crippen LogP contribution < -0.4 is 4.72 Å². The summed E-state index contributed by atoms with van der Waals surface area (Å²) in [5.41, 5.74) is 0.754. The van der Waals surface area contributed by atoms with Crippen LogP contribution in [0.4, 0.5) is 0 Å². The van der Waals surface area contributed by atoms with Crippen molar-refractivity contribution in [3.05, 3.63) is 34.9 Å². The maximum atomic E-state index is 11.1. The summed E-state index contributed by atoms with van der Waals surface area (Å²) in [5.74, 6) is -0.534. The molecule has 0 atom stereocenters. The highest BCUT2D eigenvalue weighted by atomic mass is 35.5. The Labute approximate surface area is 93.5 Å². The van der Waals surface area contributed by atoms with Crippen LogP contribution in [0.1, 0.15) is 5.56 Å². The van der Waals surface area contributed by atoms with Crippen molar-refractivity contribution in [2.75, 3.05) is 5.75 Å². The number of hydrogen-bond donors (Lipinski definition) is 1. The fourth-order valence-corrected chi connectivity index (χ4v) is 1.85. The van der Waals surface area contributed by atoms with Gasteiger partial charge in [0, 0.05) is 11.6 Å². The lowest BCUT2D eigenvalue weighted by Gasteiger charge is -2.03. The molecule has 15 heavy (non-hydrogen) atoms. The van der Waals surface area contributed by atoms with Crippen molar-refractivity contribution in [1.29, 1.82) is 5.26 Å². The van der Waals surface area contributed by atoms with E-state index in [1.165, 1.54) is 0 Å². The lowest BCUT2D eigenvalue weighted by molar-refractivity contribution is 0.585. The van der Waals surface area contributed by atoms with Crippen LogP contribution in [0.2, 0.25) is 5.02 Å². The zero-order valence-corrected chi connectivity index (χ0v) is 9.35. The van der Waals surface area contributed by atoms with E-state index in [4.69, 9.17) is 16.9 Å². The van der Waals surface area contributed by atoms with Crippen LogP contribution >= 0.6 is 11.6 Å². The second-order valence-electron chi connectivity index (χ2n) is 2.87. The normalized spacial score (nSPS) is 10.9. The molecule has 0 spiro atoms. The van der Waals surface area contributed by atoms with Crippen LogP contribution in [0.25, 0.3) is 0 Å². The number of halogens is 1. The van der Waals surface area contributed by atoms with Crippen molar-refractivity contribution in [2.45, 2.75) is 6.54 Å². The number of benzene rings is 1. The first kappa shape index (κ1) is 12.0. The molecule has 0 unspecified atom stereocenters. The molecule has 0 saturated heterocycles. The van der Waals surface area contributed by atoms with Crippen LogP contribution in [-0.4, -0.2) is 14.2 Å². The lowest BCUT2D eigenvalue weighted by atomic mass is 10.2. The first-order valence-electron chi connectivity index (χ1n) is 4.12. The minimum absolute atomic E-state index is 0.143. The fraction of sp³-hybridized carbons (Fsp3) is 0.222. The van der Waals surface area contributed by atoms with Crippen LogP contribution in [0.15, 0.2) is 24.3 Å². The van der Waals surface area contributed by atoms with Gasteiger partial charge in [0.1, 0.15) is 0 Å². The molecular formula is C9H9ClN2O2S. The van der Waals surface area contributed by atoms with Crippen molar-refractivity contribution in [3.63, 3.8) is 0 Å². The summed E-state index contributed by atoms with van der Waals surface area (Å²) >= 11 is 5.73. The molecule has 1 rings (SSSR count). The van der Waals surface area contributed by atoms with Gasteiger partial charge >= 0.3 is 0 Å². The monoisotopic (exact) mass is 244 g/mol. The highest BCUT2D eigenvalue weighted by molar-refractivity contribution is 7.89. The highest BCUT2D eigenvalue weighted by Crippen LogP contribution is 2.10.